The van der Waals surface area contributed by atoms with Gasteiger partial charge < -0.3 is 14.4 Å². The Bertz CT molecular complexity index is 1170. The highest BCUT2D eigenvalue weighted by atomic mass is 79.9. The number of furan rings is 1. The van der Waals surface area contributed by atoms with Crippen molar-refractivity contribution in [2.45, 2.75) is 32.6 Å². The van der Waals surface area contributed by atoms with Crippen molar-refractivity contribution in [2.75, 3.05) is 6.61 Å². The number of amides is 1. The number of oxime groups is 1. The molecular formula is C23H22BrN3O4. The Balaban J connectivity index is 1.44. The van der Waals surface area contributed by atoms with Crippen LogP contribution in [0.2, 0.25) is 0 Å². The standard InChI is InChI=1S/C23H22BrN3O4/c1-14(15-7-3-2-4-8-15)27-30-13-21(28)26-25-12-17-22-16-9-5-6-10-19(16)31-20(22)11-18(24)23(17)29/h2-4,7-8,11-12,29H,5-6,9-10,13H2,1H3,(H,26,28)/b25-12+,27-14+. The Morgan fingerprint density at radius 2 is 2.06 bits per heavy atom. The maximum atomic E-state index is 12.0. The van der Waals surface area contributed by atoms with Gasteiger partial charge in [0.25, 0.3) is 5.91 Å². The van der Waals surface area contributed by atoms with Gasteiger partial charge in [-0.05, 0) is 53.7 Å². The molecule has 1 heterocycles. The third kappa shape index (κ3) is 4.64. The molecule has 1 aliphatic rings. The van der Waals surface area contributed by atoms with Crippen LogP contribution in [0, 0.1) is 0 Å². The van der Waals surface area contributed by atoms with E-state index in [9.17, 15) is 9.90 Å². The van der Waals surface area contributed by atoms with E-state index < -0.39 is 5.91 Å². The minimum atomic E-state index is -0.458. The molecule has 1 aromatic heterocycles. The highest BCUT2D eigenvalue weighted by Gasteiger charge is 2.22. The van der Waals surface area contributed by atoms with Crippen molar-refractivity contribution in [1.29, 1.82) is 0 Å². The summed E-state index contributed by atoms with van der Waals surface area (Å²) in [6.07, 6.45) is 5.38. The van der Waals surface area contributed by atoms with Crippen LogP contribution in [0.15, 0.2) is 55.5 Å². The molecule has 1 aliphatic carbocycles. The lowest BCUT2D eigenvalue weighted by Gasteiger charge is -2.10. The Kier molecular flexibility index (Phi) is 6.36. The summed E-state index contributed by atoms with van der Waals surface area (Å²) in [5.41, 5.74) is 6.30. The molecule has 0 spiro atoms. The van der Waals surface area contributed by atoms with Gasteiger partial charge in [0.2, 0.25) is 0 Å². The highest BCUT2D eigenvalue weighted by molar-refractivity contribution is 9.10. The van der Waals surface area contributed by atoms with Gasteiger partial charge in [0, 0.05) is 22.9 Å². The second-order valence-corrected chi connectivity index (χ2v) is 8.17. The molecule has 3 aromatic rings. The molecule has 0 atom stereocenters. The smallest absolute Gasteiger partial charge is 0.280 e. The second kappa shape index (κ2) is 9.34. The third-order valence-electron chi connectivity index (χ3n) is 5.18. The fraction of sp³-hybridized carbons (Fsp3) is 0.261. The number of fused-ring (bicyclic) bond motifs is 3. The van der Waals surface area contributed by atoms with Crippen LogP contribution in [0.5, 0.6) is 5.75 Å². The summed E-state index contributed by atoms with van der Waals surface area (Å²) in [4.78, 5) is 17.2. The lowest BCUT2D eigenvalue weighted by molar-refractivity contribution is -0.125. The van der Waals surface area contributed by atoms with Gasteiger partial charge in [0.1, 0.15) is 17.1 Å². The number of benzene rings is 2. The fourth-order valence-corrected chi connectivity index (χ4v) is 4.08. The number of nitrogens with zero attached hydrogens (tertiary/aromatic N) is 2. The van der Waals surface area contributed by atoms with Crippen molar-refractivity contribution in [3.63, 3.8) is 0 Å². The van der Waals surface area contributed by atoms with Crippen LogP contribution in [-0.4, -0.2) is 29.5 Å². The van der Waals surface area contributed by atoms with Crippen LogP contribution in [0.25, 0.3) is 11.0 Å². The summed E-state index contributed by atoms with van der Waals surface area (Å²) in [7, 11) is 0. The summed E-state index contributed by atoms with van der Waals surface area (Å²) in [6.45, 7) is 1.53. The van der Waals surface area contributed by atoms with Crippen molar-refractivity contribution in [3.05, 3.63) is 63.3 Å². The molecule has 8 heteroatoms. The zero-order chi connectivity index (χ0) is 21.8. The zero-order valence-electron chi connectivity index (χ0n) is 17.0. The van der Waals surface area contributed by atoms with Crippen LogP contribution in [-0.2, 0) is 22.5 Å². The molecular weight excluding hydrogens is 462 g/mol. The Morgan fingerprint density at radius 3 is 2.87 bits per heavy atom. The summed E-state index contributed by atoms with van der Waals surface area (Å²) in [5.74, 6) is 0.553. The van der Waals surface area contributed by atoms with E-state index >= 15 is 0 Å². The largest absolute Gasteiger partial charge is 0.506 e. The number of phenols is 1. The maximum absolute atomic E-state index is 12.0. The van der Waals surface area contributed by atoms with Crippen LogP contribution < -0.4 is 5.43 Å². The first-order chi connectivity index (χ1) is 15.0. The highest BCUT2D eigenvalue weighted by Crippen LogP contribution is 2.40. The molecule has 160 valence electrons. The van der Waals surface area contributed by atoms with E-state index in [2.05, 4.69) is 31.6 Å². The number of aromatic hydroxyl groups is 1. The molecule has 1 amide bonds. The van der Waals surface area contributed by atoms with E-state index in [0.29, 0.717) is 21.3 Å². The monoisotopic (exact) mass is 483 g/mol. The summed E-state index contributed by atoms with van der Waals surface area (Å²) in [6, 6.07) is 11.3. The third-order valence-corrected chi connectivity index (χ3v) is 5.78. The van der Waals surface area contributed by atoms with Gasteiger partial charge in [-0.25, -0.2) is 5.43 Å². The summed E-state index contributed by atoms with van der Waals surface area (Å²) < 4.78 is 6.49. The Morgan fingerprint density at radius 1 is 1.29 bits per heavy atom. The van der Waals surface area contributed by atoms with Crippen LogP contribution in [0.4, 0.5) is 0 Å². The van der Waals surface area contributed by atoms with Gasteiger partial charge in [0.05, 0.1) is 16.4 Å². The number of phenolic OH excluding ortho intramolecular Hbond substituents is 1. The molecule has 4 rings (SSSR count). The first kappa shape index (κ1) is 21.1. The minimum absolute atomic E-state index is 0.0546. The predicted octanol–water partition coefficient (Wildman–Crippen LogP) is 4.67. The molecule has 0 saturated carbocycles. The van der Waals surface area contributed by atoms with Crippen molar-refractivity contribution in [1.82, 2.24) is 5.43 Å². The van der Waals surface area contributed by atoms with Crippen molar-refractivity contribution in [2.24, 2.45) is 10.3 Å². The molecule has 0 radical (unpaired) electrons. The van der Waals surface area contributed by atoms with Crippen molar-refractivity contribution < 1.29 is 19.2 Å². The van der Waals surface area contributed by atoms with Crippen molar-refractivity contribution >= 4 is 44.7 Å². The van der Waals surface area contributed by atoms with E-state index in [0.717, 1.165) is 48.0 Å². The number of carbonyl (C=O) groups is 1. The Labute approximate surface area is 187 Å². The number of rotatable bonds is 6. The van der Waals surface area contributed by atoms with Crippen LogP contribution in [0.3, 0.4) is 0 Å². The number of hydrazone groups is 1. The van der Waals surface area contributed by atoms with Gasteiger partial charge >= 0.3 is 0 Å². The van der Waals surface area contributed by atoms with E-state index in [1.807, 2.05) is 30.3 Å². The average molecular weight is 484 g/mol. The molecule has 0 saturated heterocycles. The maximum Gasteiger partial charge on any atom is 0.280 e. The first-order valence-electron chi connectivity index (χ1n) is 10.0. The summed E-state index contributed by atoms with van der Waals surface area (Å²) in [5, 5.41) is 19.4. The molecule has 7 nitrogen and oxygen atoms in total. The SMILES string of the molecule is C/C(=N\OCC(=O)N/N=C/c1c(O)c(Br)cc2oc3c(c12)CCCC3)c1ccccc1. The molecule has 0 bridgehead atoms. The number of nitrogens with one attached hydrogen (secondary N) is 1. The zero-order valence-corrected chi connectivity index (χ0v) is 18.6. The Hall–Kier alpha value is -3.13. The minimum Gasteiger partial charge on any atom is -0.506 e. The number of aryl methyl sites for hydroxylation is 2. The fourth-order valence-electron chi connectivity index (χ4n) is 3.66. The van der Waals surface area contributed by atoms with E-state index in [1.165, 1.54) is 6.21 Å². The van der Waals surface area contributed by atoms with Crippen LogP contribution in [0.1, 0.15) is 42.2 Å². The lowest BCUT2D eigenvalue weighted by Crippen LogP contribution is -2.22. The predicted molar refractivity (Wildman–Crippen MR) is 123 cm³/mol. The molecule has 0 fully saturated rings. The number of halogens is 1. The number of hydrogen-bond acceptors (Lipinski definition) is 6. The number of hydrogen-bond donors (Lipinski definition) is 2. The molecule has 0 aliphatic heterocycles. The van der Waals surface area contributed by atoms with Gasteiger partial charge in [-0.15, -0.1) is 0 Å². The number of carbonyl (C=O) groups excluding carboxylic acids is 1. The normalized spacial score (nSPS) is 14.1. The molecule has 2 aromatic carbocycles. The molecule has 0 unspecified atom stereocenters. The van der Waals surface area contributed by atoms with Gasteiger partial charge in [-0.3, -0.25) is 4.79 Å². The molecule has 2 N–H and O–H groups in total. The van der Waals surface area contributed by atoms with Gasteiger partial charge in [-0.1, -0.05) is 35.5 Å². The first-order valence-corrected chi connectivity index (χ1v) is 10.8. The van der Waals surface area contributed by atoms with Gasteiger partial charge in [-0.2, -0.15) is 5.10 Å². The van der Waals surface area contributed by atoms with Crippen LogP contribution >= 0.6 is 15.9 Å². The van der Waals surface area contributed by atoms with E-state index in [4.69, 9.17) is 9.25 Å². The topological polar surface area (TPSA) is 96.4 Å². The van der Waals surface area contributed by atoms with E-state index in [-0.39, 0.29) is 12.4 Å². The van der Waals surface area contributed by atoms with Gasteiger partial charge in [0.15, 0.2) is 6.61 Å². The summed E-state index contributed by atoms with van der Waals surface area (Å²) >= 11 is 3.35. The lowest BCUT2D eigenvalue weighted by atomic mass is 9.94. The van der Waals surface area contributed by atoms with E-state index in [1.54, 1.807) is 13.0 Å². The van der Waals surface area contributed by atoms with Crippen molar-refractivity contribution in [3.8, 4) is 5.75 Å². The average Bonchev–Trinajstić information content (AvgIpc) is 3.14. The second-order valence-electron chi connectivity index (χ2n) is 7.31. The quantitative estimate of drug-likeness (QED) is 0.393. The molecule has 31 heavy (non-hydrogen) atoms.